The molecule has 0 aliphatic carbocycles. The SMILES string of the molecule is C[C@@H]1ON2O[C@H](CBr)C[C@H]2c2c1c(=O)oc1ccccc21. The molecule has 3 heterocycles. The average Bonchev–Trinajstić information content (AvgIpc) is 2.89. The van der Waals surface area contributed by atoms with Crippen molar-refractivity contribution in [2.75, 3.05) is 5.33 Å². The van der Waals surface area contributed by atoms with Crippen LogP contribution in [0.1, 0.15) is 36.6 Å². The number of para-hydroxylation sites is 1. The highest BCUT2D eigenvalue weighted by atomic mass is 79.9. The summed E-state index contributed by atoms with van der Waals surface area (Å²) >= 11 is 3.44. The van der Waals surface area contributed by atoms with Crippen molar-refractivity contribution >= 4 is 26.9 Å². The minimum absolute atomic E-state index is 0.0409. The van der Waals surface area contributed by atoms with E-state index in [9.17, 15) is 4.79 Å². The van der Waals surface area contributed by atoms with E-state index in [1.54, 1.807) is 5.23 Å². The molecular formula is C15H14BrNO4. The van der Waals surface area contributed by atoms with Crippen molar-refractivity contribution in [1.29, 1.82) is 0 Å². The van der Waals surface area contributed by atoms with Crippen LogP contribution in [0.15, 0.2) is 33.5 Å². The number of benzene rings is 1. The summed E-state index contributed by atoms with van der Waals surface area (Å²) in [6.45, 7) is 1.84. The molecule has 3 atom stereocenters. The normalized spacial score (nSPS) is 28.6. The fourth-order valence-electron chi connectivity index (χ4n) is 3.15. The first-order valence-corrected chi connectivity index (χ1v) is 8.05. The number of rotatable bonds is 1. The van der Waals surface area contributed by atoms with Crippen molar-refractivity contribution in [3.8, 4) is 0 Å². The molecule has 110 valence electrons. The third kappa shape index (κ3) is 1.97. The van der Waals surface area contributed by atoms with Gasteiger partial charge in [0.2, 0.25) is 0 Å². The second-order valence-corrected chi connectivity index (χ2v) is 6.03. The highest BCUT2D eigenvalue weighted by Crippen LogP contribution is 2.45. The van der Waals surface area contributed by atoms with Gasteiger partial charge < -0.3 is 4.42 Å². The molecule has 1 aromatic heterocycles. The second-order valence-electron chi connectivity index (χ2n) is 5.38. The smallest absolute Gasteiger partial charge is 0.342 e. The van der Waals surface area contributed by atoms with Gasteiger partial charge in [-0.15, -0.1) is 0 Å². The zero-order valence-corrected chi connectivity index (χ0v) is 13.0. The molecule has 1 aromatic carbocycles. The predicted octanol–water partition coefficient (Wildman–Crippen LogP) is 3.24. The molecule has 2 aliphatic heterocycles. The van der Waals surface area contributed by atoms with Gasteiger partial charge in [0.15, 0.2) is 0 Å². The molecule has 6 heteroatoms. The van der Waals surface area contributed by atoms with Gasteiger partial charge in [-0.3, -0.25) is 9.68 Å². The number of alkyl halides is 1. The fraction of sp³-hybridized carbons (Fsp3) is 0.400. The Balaban J connectivity index is 1.99. The van der Waals surface area contributed by atoms with Crippen molar-refractivity contribution < 1.29 is 14.1 Å². The molecule has 4 rings (SSSR count). The Bertz CT molecular complexity index is 759. The minimum Gasteiger partial charge on any atom is -0.422 e. The lowest BCUT2D eigenvalue weighted by atomic mass is 9.92. The Morgan fingerprint density at radius 2 is 2.10 bits per heavy atom. The van der Waals surface area contributed by atoms with Crippen LogP contribution in [0.2, 0.25) is 0 Å². The van der Waals surface area contributed by atoms with Crippen molar-refractivity contribution in [2.24, 2.45) is 0 Å². The molecule has 2 aromatic rings. The Morgan fingerprint density at radius 3 is 2.90 bits per heavy atom. The molecule has 0 saturated carbocycles. The molecule has 2 aliphatic rings. The summed E-state index contributed by atoms with van der Waals surface area (Å²) in [4.78, 5) is 23.8. The lowest BCUT2D eigenvalue weighted by Gasteiger charge is -2.32. The van der Waals surface area contributed by atoms with E-state index >= 15 is 0 Å². The van der Waals surface area contributed by atoms with Gasteiger partial charge in [0.25, 0.3) is 0 Å². The van der Waals surface area contributed by atoms with Gasteiger partial charge in [-0.1, -0.05) is 39.4 Å². The maximum Gasteiger partial charge on any atom is 0.342 e. The van der Waals surface area contributed by atoms with E-state index in [2.05, 4.69) is 15.9 Å². The van der Waals surface area contributed by atoms with E-state index in [-0.39, 0.29) is 23.9 Å². The van der Waals surface area contributed by atoms with Crippen molar-refractivity contribution in [3.63, 3.8) is 0 Å². The van der Waals surface area contributed by atoms with Gasteiger partial charge >= 0.3 is 5.63 Å². The molecule has 1 saturated heterocycles. The zero-order valence-electron chi connectivity index (χ0n) is 11.4. The third-order valence-electron chi connectivity index (χ3n) is 4.06. The molecular weight excluding hydrogens is 338 g/mol. The summed E-state index contributed by atoms with van der Waals surface area (Å²) in [5.74, 6) is 0. The molecule has 0 amide bonds. The van der Waals surface area contributed by atoms with Crippen LogP contribution in [0, 0.1) is 0 Å². The first-order valence-electron chi connectivity index (χ1n) is 6.93. The van der Waals surface area contributed by atoms with E-state index in [0.717, 1.165) is 22.7 Å². The number of hydrogen-bond donors (Lipinski definition) is 0. The number of halogens is 1. The summed E-state index contributed by atoms with van der Waals surface area (Å²) in [6, 6.07) is 7.54. The Kier molecular flexibility index (Phi) is 3.15. The van der Waals surface area contributed by atoms with Crippen LogP contribution >= 0.6 is 15.9 Å². The van der Waals surface area contributed by atoms with Gasteiger partial charge in [-0.25, -0.2) is 4.79 Å². The van der Waals surface area contributed by atoms with Gasteiger partial charge in [-0.05, 0) is 18.6 Å². The first-order chi connectivity index (χ1) is 10.2. The molecule has 0 unspecified atom stereocenters. The Morgan fingerprint density at radius 1 is 1.29 bits per heavy atom. The molecule has 5 nitrogen and oxygen atoms in total. The van der Waals surface area contributed by atoms with E-state index in [0.29, 0.717) is 11.1 Å². The van der Waals surface area contributed by atoms with Crippen LogP contribution in [-0.4, -0.2) is 16.7 Å². The Hall–Kier alpha value is -1.21. The summed E-state index contributed by atoms with van der Waals surface area (Å²) in [5.41, 5.74) is 1.87. The average molecular weight is 352 g/mol. The predicted molar refractivity (Wildman–Crippen MR) is 79.8 cm³/mol. The van der Waals surface area contributed by atoms with Crippen LogP contribution in [0.25, 0.3) is 11.0 Å². The number of fused-ring (bicyclic) bond motifs is 5. The van der Waals surface area contributed by atoms with Crippen LogP contribution in [-0.2, 0) is 9.68 Å². The van der Waals surface area contributed by atoms with Gasteiger partial charge in [0.05, 0.1) is 17.7 Å². The van der Waals surface area contributed by atoms with E-state index in [4.69, 9.17) is 14.1 Å². The highest BCUT2D eigenvalue weighted by Gasteiger charge is 2.44. The standard InChI is InChI=1S/C15H14BrNO4/c1-8-13-14(11-6-9(7-16)21-17(11)20-8)10-4-2-3-5-12(10)19-15(13)18/h2-5,8-9,11H,6-7H2,1H3/t8-,9-,11-/m0/s1. The quantitative estimate of drug-likeness (QED) is 0.583. The first kappa shape index (κ1) is 13.5. The van der Waals surface area contributed by atoms with Crippen molar-refractivity contribution in [2.45, 2.75) is 31.6 Å². The highest BCUT2D eigenvalue weighted by molar-refractivity contribution is 9.09. The van der Waals surface area contributed by atoms with Gasteiger partial charge in [0.1, 0.15) is 11.7 Å². The van der Waals surface area contributed by atoms with Crippen LogP contribution in [0.5, 0.6) is 0 Å². The largest absolute Gasteiger partial charge is 0.422 e. The van der Waals surface area contributed by atoms with Crippen LogP contribution in [0.4, 0.5) is 0 Å². The second kappa shape index (κ2) is 4.91. The number of hydroxylamine groups is 2. The van der Waals surface area contributed by atoms with Gasteiger partial charge in [-0.2, -0.15) is 0 Å². The fourth-order valence-corrected chi connectivity index (χ4v) is 3.53. The van der Waals surface area contributed by atoms with Crippen LogP contribution in [0.3, 0.4) is 0 Å². The summed E-state index contributed by atoms with van der Waals surface area (Å²) < 4.78 is 5.43. The third-order valence-corrected chi connectivity index (χ3v) is 4.78. The molecule has 21 heavy (non-hydrogen) atoms. The van der Waals surface area contributed by atoms with E-state index in [1.165, 1.54) is 0 Å². The molecule has 0 radical (unpaired) electrons. The topological polar surface area (TPSA) is 51.9 Å². The van der Waals surface area contributed by atoms with Crippen LogP contribution < -0.4 is 5.63 Å². The van der Waals surface area contributed by atoms with Crippen molar-refractivity contribution in [3.05, 3.63) is 45.8 Å². The number of hydrogen-bond acceptors (Lipinski definition) is 5. The lowest BCUT2D eigenvalue weighted by molar-refractivity contribution is -0.393. The van der Waals surface area contributed by atoms with Crippen molar-refractivity contribution in [1.82, 2.24) is 5.23 Å². The minimum atomic E-state index is -0.383. The zero-order chi connectivity index (χ0) is 14.6. The molecule has 0 spiro atoms. The maximum absolute atomic E-state index is 12.3. The summed E-state index contributed by atoms with van der Waals surface area (Å²) in [7, 11) is 0. The Labute approximate surface area is 129 Å². The summed E-state index contributed by atoms with van der Waals surface area (Å²) in [6.07, 6.45) is 0.434. The number of nitrogens with zero attached hydrogens (tertiary/aromatic N) is 1. The lowest BCUT2D eigenvalue weighted by Crippen LogP contribution is -2.34. The summed E-state index contributed by atoms with van der Waals surface area (Å²) in [5, 5.41) is 3.23. The molecule has 0 bridgehead atoms. The maximum atomic E-state index is 12.3. The van der Waals surface area contributed by atoms with E-state index < -0.39 is 0 Å². The molecule has 1 fully saturated rings. The molecule has 0 N–H and O–H groups in total. The monoisotopic (exact) mass is 351 g/mol. The van der Waals surface area contributed by atoms with Gasteiger partial charge in [0, 0.05) is 17.1 Å². The van der Waals surface area contributed by atoms with E-state index in [1.807, 2.05) is 31.2 Å².